The maximum Gasteiger partial charge on any atom is 0.335 e. The lowest BCUT2D eigenvalue weighted by Gasteiger charge is -2.12. The van der Waals surface area contributed by atoms with Crippen molar-refractivity contribution < 1.29 is 23.2 Å². The van der Waals surface area contributed by atoms with E-state index >= 15 is 0 Å². The molecule has 0 fully saturated rings. The van der Waals surface area contributed by atoms with Crippen LogP contribution in [-0.4, -0.2) is 30.6 Å². The SMILES string of the molecule is O=C(O)c1ccc(/C=N/Nc2ccc([N+](=O)[O-])cc2S(=O)(=O)Nc2ccc(Cl)cc2)cc1. The Balaban J connectivity index is 1.89. The molecular formula is C20H15ClN4O6S. The van der Waals surface area contributed by atoms with Crippen LogP contribution in [0.15, 0.2) is 76.7 Å². The normalized spacial score (nSPS) is 11.3. The number of nitro groups is 1. The third-order valence-electron chi connectivity index (χ3n) is 4.12. The maximum absolute atomic E-state index is 12.9. The number of carboxylic acid groups (broad SMARTS) is 1. The van der Waals surface area contributed by atoms with Crippen LogP contribution in [0.25, 0.3) is 0 Å². The zero-order chi connectivity index (χ0) is 23.3. The number of halogens is 1. The molecule has 0 amide bonds. The van der Waals surface area contributed by atoms with Gasteiger partial charge in [-0.15, -0.1) is 0 Å². The van der Waals surface area contributed by atoms with E-state index in [-0.39, 0.29) is 21.8 Å². The number of hydrazone groups is 1. The molecule has 32 heavy (non-hydrogen) atoms. The fraction of sp³-hybridized carbons (Fsp3) is 0. The van der Waals surface area contributed by atoms with Crippen LogP contribution in [0.3, 0.4) is 0 Å². The second kappa shape index (κ2) is 9.45. The average molecular weight is 475 g/mol. The number of nitrogens with zero attached hydrogens (tertiary/aromatic N) is 2. The molecule has 0 heterocycles. The van der Waals surface area contributed by atoms with Gasteiger partial charge in [-0.25, -0.2) is 13.2 Å². The summed E-state index contributed by atoms with van der Waals surface area (Å²) in [4.78, 5) is 20.9. The summed E-state index contributed by atoms with van der Waals surface area (Å²) in [6, 6.07) is 15.0. The first kappa shape index (κ1) is 22.7. The summed E-state index contributed by atoms with van der Waals surface area (Å²) >= 11 is 5.81. The standard InChI is InChI=1S/C20H15ClN4O6S/c21-15-5-7-16(8-6-15)24-32(30,31)19-11-17(25(28)29)9-10-18(19)23-22-12-13-1-3-14(4-2-13)20(26)27/h1-12,23-24H,(H,26,27)/b22-12+. The zero-order valence-corrected chi connectivity index (χ0v) is 17.7. The number of nitrogens with one attached hydrogen (secondary N) is 2. The Hall–Kier alpha value is -3.96. The van der Waals surface area contributed by atoms with Crippen LogP contribution in [0.4, 0.5) is 17.1 Å². The minimum atomic E-state index is -4.22. The van der Waals surface area contributed by atoms with E-state index in [9.17, 15) is 23.3 Å². The van der Waals surface area contributed by atoms with E-state index in [1.807, 2.05) is 0 Å². The first-order valence-corrected chi connectivity index (χ1v) is 10.7. The number of aromatic carboxylic acids is 1. The van der Waals surface area contributed by atoms with E-state index in [4.69, 9.17) is 16.7 Å². The number of sulfonamides is 1. The van der Waals surface area contributed by atoms with E-state index in [1.165, 1.54) is 60.8 Å². The fourth-order valence-corrected chi connectivity index (χ4v) is 3.92. The summed E-state index contributed by atoms with van der Waals surface area (Å²) < 4.78 is 28.1. The number of non-ortho nitro benzene ring substituents is 1. The van der Waals surface area contributed by atoms with Gasteiger partial charge in [-0.1, -0.05) is 23.7 Å². The van der Waals surface area contributed by atoms with E-state index in [1.54, 1.807) is 0 Å². The van der Waals surface area contributed by atoms with Crippen LogP contribution in [0.2, 0.25) is 5.02 Å². The number of rotatable bonds is 8. The minimum absolute atomic E-state index is 0.00419. The number of anilines is 2. The molecule has 0 aromatic heterocycles. The molecule has 10 nitrogen and oxygen atoms in total. The first-order valence-electron chi connectivity index (χ1n) is 8.85. The van der Waals surface area contributed by atoms with Gasteiger partial charge in [0.1, 0.15) is 4.90 Å². The van der Waals surface area contributed by atoms with E-state index in [0.717, 1.165) is 12.1 Å². The monoisotopic (exact) mass is 474 g/mol. The molecule has 3 N–H and O–H groups in total. The molecule has 0 spiro atoms. The highest BCUT2D eigenvalue weighted by Crippen LogP contribution is 2.28. The van der Waals surface area contributed by atoms with Gasteiger partial charge in [0.25, 0.3) is 15.7 Å². The summed E-state index contributed by atoms with van der Waals surface area (Å²) in [5.74, 6) is -1.07. The third-order valence-corrected chi connectivity index (χ3v) is 5.79. The highest BCUT2D eigenvalue weighted by molar-refractivity contribution is 7.92. The van der Waals surface area contributed by atoms with Gasteiger partial charge >= 0.3 is 5.97 Å². The van der Waals surface area contributed by atoms with Crippen molar-refractivity contribution in [3.05, 3.63) is 93.0 Å². The maximum atomic E-state index is 12.9. The van der Waals surface area contributed by atoms with Gasteiger partial charge in [-0.2, -0.15) is 5.10 Å². The lowest BCUT2D eigenvalue weighted by Crippen LogP contribution is -2.15. The fourth-order valence-electron chi connectivity index (χ4n) is 2.56. The number of benzene rings is 3. The summed E-state index contributed by atoms with van der Waals surface area (Å²) in [6.45, 7) is 0. The van der Waals surface area contributed by atoms with Crippen LogP contribution in [0.5, 0.6) is 0 Å². The molecule has 0 atom stereocenters. The van der Waals surface area contributed by atoms with Crippen LogP contribution >= 0.6 is 11.6 Å². The number of carboxylic acids is 1. The molecule has 0 saturated heterocycles. The zero-order valence-electron chi connectivity index (χ0n) is 16.1. The van der Waals surface area contributed by atoms with Gasteiger partial charge in [-0.3, -0.25) is 20.3 Å². The molecule has 3 rings (SSSR count). The molecule has 3 aromatic carbocycles. The van der Waals surface area contributed by atoms with Crippen molar-refractivity contribution in [3.8, 4) is 0 Å². The number of nitro benzene ring substituents is 1. The highest BCUT2D eigenvalue weighted by Gasteiger charge is 2.22. The van der Waals surface area contributed by atoms with Gasteiger partial charge in [-0.05, 0) is 48.0 Å². The van der Waals surface area contributed by atoms with Crippen LogP contribution < -0.4 is 10.1 Å². The largest absolute Gasteiger partial charge is 0.478 e. The Bertz CT molecular complexity index is 1290. The quantitative estimate of drug-likeness (QED) is 0.251. The number of carbonyl (C=O) groups is 1. The first-order chi connectivity index (χ1) is 15.2. The smallest absolute Gasteiger partial charge is 0.335 e. The Morgan fingerprint density at radius 1 is 1.06 bits per heavy atom. The molecule has 0 aliphatic rings. The van der Waals surface area contributed by atoms with Gasteiger partial charge in [0.05, 0.1) is 22.4 Å². The van der Waals surface area contributed by atoms with E-state index < -0.39 is 26.6 Å². The van der Waals surface area contributed by atoms with E-state index in [0.29, 0.717) is 10.6 Å². The molecule has 0 radical (unpaired) electrons. The lowest BCUT2D eigenvalue weighted by molar-refractivity contribution is -0.385. The average Bonchev–Trinajstić information content (AvgIpc) is 2.75. The van der Waals surface area contributed by atoms with Crippen LogP contribution in [0, 0.1) is 10.1 Å². The van der Waals surface area contributed by atoms with Crippen molar-refractivity contribution in [2.45, 2.75) is 4.90 Å². The Morgan fingerprint density at radius 3 is 2.31 bits per heavy atom. The van der Waals surface area contributed by atoms with Crippen LogP contribution in [0.1, 0.15) is 15.9 Å². The van der Waals surface area contributed by atoms with Crippen molar-refractivity contribution >= 4 is 50.9 Å². The van der Waals surface area contributed by atoms with Crippen molar-refractivity contribution in [3.63, 3.8) is 0 Å². The molecule has 0 aliphatic heterocycles. The Kier molecular flexibility index (Phi) is 6.71. The van der Waals surface area contributed by atoms with Crippen molar-refractivity contribution in [1.29, 1.82) is 0 Å². The van der Waals surface area contributed by atoms with Crippen LogP contribution in [-0.2, 0) is 10.0 Å². The summed E-state index contributed by atoms with van der Waals surface area (Å²) in [5, 5.41) is 24.4. The molecule has 0 aliphatic carbocycles. The molecule has 164 valence electrons. The van der Waals surface area contributed by atoms with Gasteiger partial charge in [0.15, 0.2) is 0 Å². The van der Waals surface area contributed by atoms with Crippen molar-refractivity contribution in [2.75, 3.05) is 10.1 Å². The van der Waals surface area contributed by atoms with E-state index in [2.05, 4.69) is 15.2 Å². The molecule has 3 aromatic rings. The lowest BCUT2D eigenvalue weighted by atomic mass is 10.1. The molecular weight excluding hydrogens is 460 g/mol. The third kappa shape index (κ3) is 5.59. The predicted molar refractivity (Wildman–Crippen MR) is 120 cm³/mol. The highest BCUT2D eigenvalue weighted by atomic mass is 35.5. The molecule has 0 unspecified atom stereocenters. The Labute approximate surface area is 187 Å². The molecule has 0 saturated carbocycles. The second-order valence-corrected chi connectivity index (χ2v) is 8.43. The molecule has 0 bridgehead atoms. The topological polar surface area (TPSA) is 151 Å². The summed E-state index contributed by atoms with van der Waals surface area (Å²) in [7, 11) is -4.22. The van der Waals surface area contributed by atoms with Crippen molar-refractivity contribution in [2.24, 2.45) is 5.10 Å². The minimum Gasteiger partial charge on any atom is -0.478 e. The number of hydrogen-bond acceptors (Lipinski definition) is 7. The predicted octanol–water partition coefficient (Wildman–Crippen LogP) is 4.19. The Morgan fingerprint density at radius 2 is 1.72 bits per heavy atom. The van der Waals surface area contributed by atoms with Crippen molar-refractivity contribution in [1.82, 2.24) is 0 Å². The summed E-state index contributed by atoms with van der Waals surface area (Å²) in [5.41, 5.74) is 3.01. The van der Waals surface area contributed by atoms with Gasteiger partial charge in [0.2, 0.25) is 0 Å². The van der Waals surface area contributed by atoms with Gasteiger partial charge in [0, 0.05) is 22.8 Å². The van der Waals surface area contributed by atoms with Gasteiger partial charge < -0.3 is 5.11 Å². The second-order valence-electron chi connectivity index (χ2n) is 6.35. The number of hydrogen-bond donors (Lipinski definition) is 3. The molecule has 12 heteroatoms. The summed E-state index contributed by atoms with van der Waals surface area (Å²) in [6.07, 6.45) is 1.34.